The van der Waals surface area contributed by atoms with Gasteiger partial charge < -0.3 is 19.5 Å². The molecule has 0 bridgehead atoms. The Kier molecular flexibility index (Phi) is 6.83. The first kappa shape index (κ1) is 18.3. The van der Waals surface area contributed by atoms with Crippen molar-refractivity contribution in [3.63, 3.8) is 0 Å². The van der Waals surface area contributed by atoms with Crippen LogP contribution in [-0.2, 0) is 14.3 Å². The second-order valence-electron chi connectivity index (χ2n) is 5.32. The zero-order valence-electron chi connectivity index (χ0n) is 14.3. The predicted octanol–water partition coefficient (Wildman–Crippen LogP) is 2.95. The molecule has 0 fully saturated rings. The molecule has 6 heteroatoms. The highest BCUT2D eigenvalue weighted by Gasteiger charge is 2.11. The van der Waals surface area contributed by atoms with E-state index in [1.54, 1.807) is 24.3 Å². The van der Waals surface area contributed by atoms with Crippen LogP contribution in [0.25, 0.3) is 0 Å². The van der Waals surface area contributed by atoms with E-state index < -0.39 is 11.9 Å². The summed E-state index contributed by atoms with van der Waals surface area (Å²) in [6.07, 6.45) is 0.0654. The van der Waals surface area contributed by atoms with Crippen molar-refractivity contribution in [3.05, 3.63) is 54.1 Å². The molecule has 132 valence electrons. The maximum atomic E-state index is 11.9. The number of hydrogen-bond donors (Lipinski definition) is 1. The zero-order valence-corrected chi connectivity index (χ0v) is 14.3. The van der Waals surface area contributed by atoms with Crippen LogP contribution in [0.5, 0.6) is 11.5 Å². The van der Waals surface area contributed by atoms with Crippen LogP contribution in [0.4, 0.5) is 5.69 Å². The van der Waals surface area contributed by atoms with E-state index in [0.29, 0.717) is 17.2 Å². The smallest absolute Gasteiger partial charge is 0.309 e. The van der Waals surface area contributed by atoms with Gasteiger partial charge in [-0.2, -0.15) is 0 Å². The number of methoxy groups -OCH3 is 1. The molecule has 2 aromatic rings. The van der Waals surface area contributed by atoms with E-state index in [2.05, 4.69) is 5.32 Å². The van der Waals surface area contributed by atoms with E-state index in [1.165, 1.54) is 7.11 Å². The van der Waals surface area contributed by atoms with Crippen molar-refractivity contribution in [2.45, 2.75) is 13.3 Å². The van der Waals surface area contributed by atoms with Gasteiger partial charge >= 0.3 is 5.97 Å². The zero-order chi connectivity index (χ0) is 18.1. The maximum absolute atomic E-state index is 11.9. The number of anilines is 1. The van der Waals surface area contributed by atoms with Gasteiger partial charge in [0.1, 0.15) is 11.5 Å². The average Bonchev–Trinajstić information content (AvgIpc) is 2.61. The summed E-state index contributed by atoms with van der Waals surface area (Å²) in [7, 11) is 1.52. The molecule has 6 nitrogen and oxygen atoms in total. The first-order valence-electron chi connectivity index (χ1n) is 7.86. The minimum atomic E-state index is -0.498. The molecule has 25 heavy (non-hydrogen) atoms. The SMILES string of the molecule is COc1ccc(C)cc1NC(=O)COC(=O)CCOc1ccccc1. The Balaban J connectivity index is 1.72. The first-order valence-corrected chi connectivity index (χ1v) is 7.86. The number of hydrogen-bond acceptors (Lipinski definition) is 5. The first-order chi connectivity index (χ1) is 12.1. The van der Waals surface area contributed by atoms with E-state index in [4.69, 9.17) is 14.2 Å². The van der Waals surface area contributed by atoms with Gasteiger partial charge in [-0.25, -0.2) is 0 Å². The molecule has 0 unspecified atom stereocenters. The van der Waals surface area contributed by atoms with Gasteiger partial charge in [-0.1, -0.05) is 24.3 Å². The monoisotopic (exact) mass is 343 g/mol. The predicted molar refractivity (Wildman–Crippen MR) is 93.9 cm³/mol. The Morgan fingerprint density at radius 2 is 1.84 bits per heavy atom. The lowest BCUT2D eigenvalue weighted by atomic mass is 10.2. The molecule has 0 radical (unpaired) electrons. The summed E-state index contributed by atoms with van der Waals surface area (Å²) in [5.74, 6) is 0.296. The highest BCUT2D eigenvalue weighted by Crippen LogP contribution is 2.25. The quantitative estimate of drug-likeness (QED) is 0.746. The second-order valence-corrected chi connectivity index (χ2v) is 5.32. The van der Waals surface area contributed by atoms with Crippen LogP contribution in [0.1, 0.15) is 12.0 Å². The molecule has 0 saturated carbocycles. The van der Waals surface area contributed by atoms with Crippen LogP contribution < -0.4 is 14.8 Å². The van der Waals surface area contributed by atoms with E-state index >= 15 is 0 Å². The minimum absolute atomic E-state index is 0.0654. The largest absolute Gasteiger partial charge is 0.495 e. The van der Waals surface area contributed by atoms with Crippen LogP contribution in [0.15, 0.2) is 48.5 Å². The third-order valence-corrected chi connectivity index (χ3v) is 3.31. The van der Waals surface area contributed by atoms with Crippen molar-refractivity contribution in [1.82, 2.24) is 0 Å². The molecule has 0 aliphatic carbocycles. The van der Waals surface area contributed by atoms with Gasteiger partial charge in [0.25, 0.3) is 5.91 Å². The molecule has 1 N–H and O–H groups in total. The summed E-state index contributed by atoms with van der Waals surface area (Å²) in [6, 6.07) is 14.6. The number of ether oxygens (including phenoxy) is 3. The van der Waals surface area contributed by atoms with Crippen LogP contribution in [-0.4, -0.2) is 32.2 Å². The summed E-state index contributed by atoms with van der Waals surface area (Å²) in [6.45, 7) is 1.74. The molecular formula is C19H21NO5. The van der Waals surface area contributed by atoms with Crippen molar-refractivity contribution in [2.24, 2.45) is 0 Å². The number of amides is 1. The van der Waals surface area contributed by atoms with E-state index in [-0.39, 0.29) is 19.6 Å². The summed E-state index contributed by atoms with van der Waals surface area (Å²) in [4.78, 5) is 23.6. The fraction of sp³-hybridized carbons (Fsp3) is 0.263. The highest BCUT2D eigenvalue weighted by molar-refractivity contribution is 5.94. The molecule has 0 aliphatic heterocycles. The minimum Gasteiger partial charge on any atom is -0.495 e. The number of aryl methyl sites for hydroxylation is 1. The summed E-state index contributed by atoms with van der Waals surface area (Å²) in [5.41, 5.74) is 1.52. The van der Waals surface area contributed by atoms with Gasteiger partial charge in [0.2, 0.25) is 0 Å². The summed E-state index contributed by atoms with van der Waals surface area (Å²) >= 11 is 0. The van der Waals surface area contributed by atoms with Gasteiger partial charge in [0.15, 0.2) is 6.61 Å². The van der Waals surface area contributed by atoms with Crippen LogP contribution in [0, 0.1) is 6.92 Å². The molecule has 2 rings (SSSR count). The third kappa shape index (κ3) is 6.18. The molecular weight excluding hydrogens is 322 g/mol. The van der Waals surface area contributed by atoms with Crippen molar-refractivity contribution in [1.29, 1.82) is 0 Å². The van der Waals surface area contributed by atoms with Crippen molar-refractivity contribution < 1.29 is 23.8 Å². The average molecular weight is 343 g/mol. The van der Waals surface area contributed by atoms with Crippen molar-refractivity contribution in [2.75, 3.05) is 25.6 Å². The Labute approximate surface area is 146 Å². The number of nitrogens with one attached hydrogen (secondary N) is 1. The maximum Gasteiger partial charge on any atom is 0.309 e. The van der Waals surface area contributed by atoms with Crippen LogP contribution >= 0.6 is 0 Å². The molecule has 0 heterocycles. The fourth-order valence-corrected chi connectivity index (χ4v) is 2.09. The molecule has 0 saturated heterocycles. The van der Waals surface area contributed by atoms with Gasteiger partial charge in [-0.15, -0.1) is 0 Å². The highest BCUT2D eigenvalue weighted by atomic mass is 16.5. The van der Waals surface area contributed by atoms with Gasteiger partial charge in [-0.3, -0.25) is 9.59 Å². The summed E-state index contributed by atoms with van der Waals surface area (Å²) in [5, 5.41) is 2.67. The molecule has 0 atom stereocenters. The molecule has 0 spiro atoms. The molecule has 2 aromatic carbocycles. The number of benzene rings is 2. The lowest BCUT2D eigenvalue weighted by Gasteiger charge is -2.11. The Morgan fingerprint density at radius 1 is 1.08 bits per heavy atom. The van der Waals surface area contributed by atoms with Crippen LogP contribution in [0.2, 0.25) is 0 Å². The number of carbonyl (C=O) groups excluding carboxylic acids is 2. The van der Waals surface area contributed by atoms with Gasteiger partial charge in [0.05, 0.1) is 25.8 Å². The standard InChI is InChI=1S/C19H21NO5/c1-14-8-9-17(23-2)16(12-14)20-18(21)13-25-19(22)10-11-24-15-6-4-3-5-7-15/h3-9,12H,10-11,13H2,1-2H3,(H,20,21). The van der Waals surface area contributed by atoms with Gasteiger partial charge in [0, 0.05) is 0 Å². The molecule has 0 aromatic heterocycles. The summed E-state index contributed by atoms with van der Waals surface area (Å²) < 4.78 is 15.5. The van der Waals surface area contributed by atoms with Gasteiger partial charge in [-0.05, 0) is 36.8 Å². The Bertz CT molecular complexity index is 715. The lowest BCUT2D eigenvalue weighted by molar-refractivity contribution is -0.147. The Morgan fingerprint density at radius 3 is 2.56 bits per heavy atom. The van der Waals surface area contributed by atoms with Crippen LogP contribution in [0.3, 0.4) is 0 Å². The van der Waals surface area contributed by atoms with Crippen molar-refractivity contribution >= 4 is 17.6 Å². The topological polar surface area (TPSA) is 73.9 Å². The molecule has 0 aliphatic rings. The normalized spacial score (nSPS) is 10.0. The Hall–Kier alpha value is -3.02. The number of carbonyl (C=O) groups is 2. The number of esters is 1. The third-order valence-electron chi connectivity index (χ3n) is 3.31. The number of rotatable bonds is 8. The van der Waals surface area contributed by atoms with E-state index in [9.17, 15) is 9.59 Å². The lowest BCUT2D eigenvalue weighted by Crippen LogP contribution is -2.22. The molecule has 1 amide bonds. The second kappa shape index (κ2) is 9.32. The van der Waals surface area contributed by atoms with E-state index in [0.717, 1.165) is 5.56 Å². The fourth-order valence-electron chi connectivity index (χ4n) is 2.09. The number of para-hydroxylation sites is 1. The van der Waals surface area contributed by atoms with E-state index in [1.807, 2.05) is 31.2 Å². The van der Waals surface area contributed by atoms with Crippen molar-refractivity contribution in [3.8, 4) is 11.5 Å².